The van der Waals surface area contributed by atoms with Gasteiger partial charge in [0, 0.05) is 11.1 Å². The molecule has 0 atom stereocenters. The molecule has 0 unspecified atom stereocenters. The van der Waals surface area contributed by atoms with Gasteiger partial charge in [-0.25, -0.2) is 9.29 Å². The fourth-order valence-electron chi connectivity index (χ4n) is 4.00. The average molecular weight is 422 g/mol. The van der Waals surface area contributed by atoms with Crippen molar-refractivity contribution in [3.05, 3.63) is 114 Å². The number of benzene rings is 4. The molecule has 1 N–H and O–H groups in total. The molecule has 0 radical (unpaired) electrons. The predicted octanol–water partition coefficient (Wildman–Crippen LogP) is 5.68. The Morgan fingerprint density at radius 1 is 0.781 bits per heavy atom. The van der Waals surface area contributed by atoms with E-state index in [0.717, 1.165) is 16.3 Å². The zero-order valence-corrected chi connectivity index (χ0v) is 17.3. The second-order valence-electron chi connectivity index (χ2n) is 7.69. The number of rotatable bonds is 4. The van der Waals surface area contributed by atoms with Crippen LogP contribution in [0.5, 0.6) is 0 Å². The number of hydrogen-bond acceptors (Lipinski definition) is 3. The van der Waals surface area contributed by atoms with Gasteiger partial charge in [-0.1, -0.05) is 60.7 Å². The van der Waals surface area contributed by atoms with Gasteiger partial charge in [0.15, 0.2) is 0 Å². The van der Waals surface area contributed by atoms with Crippen molar-refractivity contribution in [1.29, 1.82) is 0 Å². The van der Waals surface area contributed by atoms with Crippen LogP contribution in [0.2, 0.25) is 0 Å². The van der Waals surface area contributed by atoms with E-state index in [2.05, 4.69) is 5.32 Å². The topological polar surface area (TPSA) is 49.4 Å². The molecule has 4 aromatic rings. The highest BCUT2D eigenvalue weighted by molar-refractivity contribution is 6.46. The molecule has 2 amide bonds. The van der Waals surface area contributed by atoms with Crippen molar-refractivity contribution in [2.24, 2.45) is 0 Å². The van der Waals surface area contributed by atoms with Crippen LogP contribution >= 0.6 is 0 Å². The Balaban J connectivity index is 1.66. The van der Waals surface area contributed by atoms with Gasteiger partial charge < -0.3 is 5.32 Å². The number of aryl methyl sites for hydroxylation is 1. The van der Waals surface area contributed by atoms with Crippen LogP contribution in [0.3, 0.4) is 0 Å². The van der Waals surface area contributed by atoms with Crippen LogP contribution in [-0.2, 0) is 9.59 Å². The second-order valence-corrected chi connectivity index (χ2v) is 7.69. The van der Waals surface area contributed by atoms with Gasteiger partial charge in [0.05, 0.1) is 11.3 Å². The maximum Gasteiger partial charge on any atom is 0.282 e. The maximum absolute atomic E-state index is 13.6. The number of carbonyl (C=O) groups is 2. The summed E-state index contributed by atoms with van der Waals surface area (Å²) < 4.78 is 13.6. The van der Waals surface area contributed by atoms with Gasteiger partial charge in [-0.2, -0.15) is 0 Å². The Hall–Kier alpha value is -4.25. The van der Waals surface area contributed by atoms with Crippen LogP contribution in [0, 0.1) is 12.7 Å². The zero-order chi connectivity index (χ0) is 22.2. The van der Waals surface area contributed by atoms with Gasteiger partial charge in [-0.15, -0.1) is 0 Å². The summed E-state index contributed by atoms with van der Waals surface area (Å²) >= 11 is 0. The van der Waals surface area contributed by atoms with Crippen LogP contribution in [-0.4, -0.2) is 11.8 Å². The van der Waals surface area contributed by atoms with Crippen LogP contribution < -0.4 is 10.2 Å². The van der Waals surface area contributed by atoms with Crippen molar-refractivity contribution in [3.8, 4) is 0 Å². The summed E-state index contributed by atoms with van der Waals surface area (Å²) in [4.78, 5) is 28.2. The van der Waals surface area contributed by atoms with Crippen LogP contribution in [0.25, 0.3) is 16.3 Å². The minimum Gasteiger partial charge on any atom is -0.350 e. The summed E-state index contributed by atoms with van der Waals surface area (Å²) in [6.07, 6.45) is 0. The molecule has 0 saturated heterocycles. The standard InChI is InChI=1S/C27H19FN2O2/c1-17-6-4-9-21(16-17)30-26(31)24(19-12-14-20(28)15-13-19)25(27(30)32)29-23-11-5-8-18-7-2-3-10-22(18)23/h2-16,29H,1H3. The number of hydrogen-bond donors (Lipinski definition) is 1. The molecule has 0 aliphatic carbocycles. The summed E-state index contributed by atoms with van der Waals surface area (Å²) in [6, 6.07) is 26.4. The first-order valence-electron chi connectivity index (χ1n) is 10.2. The molecule has 32 heavy (non-hydrogen) atoms. The molecule has 0 bridgehead atoms. The Morgan fingerprint density at radius 3 is 2.28 bits per heavy atom. The first-order valence-corrected chi connectivity index (χ1v) is 10.2. The molecule has 0 spiro atoms. The molecule has 1 heterocycles. The molecule has 5 heteroatoms. The van der Waals surface area contributed by atoms with Crippen molar-refractivity contribution in [2.75, 3.05) is 10.2 Å². The summed E-state index contributed by atoms with van der Waals surface area (Å²) in [5.41, 5.74) is 2.99. The number of anilines is 2. The van der Waals surface area contributed by atoms with Gasteiger partial charge in [0.25, 0.3) is 11.8 Å². The Bertz CT molecular complexity index is 1400. The summed E-state index contributed by atoms with van der Waals surface area (Å²) in [5.74, 6) is -1.31. The van der Waals surface area contributed by atoms with Crippen molar-refractivity contribution in [2.45, 2.75) is 6.92 Å². The normalized spacial score (nSPS) is 13.9. The number of fused-ring (bicyclic) bond motifs is 1. The highest BCUT2D eigenvalue weighted by Gasteiger charge is 2.40. The first-order chi connectivity index (χ1) is 15.5. The van der Waals surface area contributed by atoms with Gasteiger partial charge in [0.1, 0.15) is 11.5 Å². The molecule has 156 valence electrons. The van der Waals surface area contributed by atoms with E-state index in [4.69, 9.17) is 0 Å². The number of halogens is 1. The average Bonchev–Trinajstić information content (AvgIpc) is 3.04. The van der Waals surface area contributed by atoms with E-state index in [0.29, 0.717) is 16.9 Å². The van der Waals surface area contributed by atoms with E-state index in [1.807, 2.05) is 55.5 Å². The lowest BCUT2D eigenvalue weighted by atomic mass is 10.0. The van der Waals surface area contributed by atoms with Gasteiger partial charge in [0.2, 0.25) is 0 Å². The number of nitrogens with zero attached hydrogens (tertiary/aromatic N) is 1. The molecule has 4 aromatic carbocycles. The number of nitrogens with one attached hydrogen (secondary N) is 1. The van der Waals surface area contributed by atoms with E-state index in [9.17, 15) is 14.0 Å². The third-order valence-electron chi connectivity index (χ3n) is 5.53. The van der Waals surface area contributed by atoms with Crippen molar-refractivity contribution in [3.63, 3.8) is 0 Å². The quantitative estimate of drug-likeness (QED) is 0.430. The third-order valence-corrected chi connectivity index (χ3v) is 5.53. The lowest BCUT2D eigenvalue weighted by Gasteiger charge is -2.16. The van der Waals surface area contributed by atoms with Crippen molar-refractivity contribution < 1.29 is 14.0 Å². The third kappa shape index (κ3) is 3.34. The zero-order valence-electron chi connectivity index (χ0n) is 17.3. The SMILES string of the molecule is Cc1cccc(N2C(=O)C(Nc3cccc4ccccc34)=C(c3ccc(F)cc3)C2=O)c1. The highest BCUT2D eigenvalue weighted by Crippen LogP contribution is 2.35. The Labute approximate surface area is 184 Å². The van der Waals surface area contributed by atoms with Crippen LogP contribution in [0.1, 0.15) is 11.1 Å². The van der Waals surface area contributed by atoms with Gasteiger partial charge in [-0.3, -0.25) is 9.59 Å². The number of carbonyl (C=O) groups excluding carboxylic acids is 2. The lowest BCUT2D eigenvalue weighted by molar-refractivity contribution is -0.120. The Kier molecular flexibility index (Phi) is 4.79. The summed E-state index contributed by atoms with van der Waals surface area (Å²) in [7, 11) is 0. The minimum absolute atomic E-state index is 0.166. The van der Waals surface area contributed by atoms with Crippen molar-refractivity contribution >= 4 is 39.5 Å². The second kappa shape index (κ2) is 7.78. The van der Waals surface area contributed by atoms with Crippen LogP contribution in [0.15, 0.2) is 96.7 Å². The van der Waals surface area contributed by atoms with Crippen molar-refractivity contribution in [1.82, 2.24) is 0 Å². The molecular weight excluding hydrogens is 403 g/mol. The van der Waals surface area contributed by atoms with E-state index in [1.165, 1.54) is 29.2 Å². The monoisotopic (exact) mass is 422 g/mol. The predicted molar refractivity (Wildman–Crippen MR) is 125 cm³/mol. The van der Waals surface area contributed by atoms with Crippen LogP contribution in [0.4, 0.5) is 15.8 Å². The van der Waals surface area contributed by atoms with E-state index >= 15 is 0 Å². The Morgan fingerprint density at radius 2 is 1.50 bits per heavy atom. The largest absolute Gasteiger partial charge is 0.350 e. The minimum atomic E-state index is -0.451. The molecule has 0 saturated carbocycles. The molecule has 5 rings (SSSR count). The molecular formula is C27H19FN2O2. The van der Waals surface area contributed by atoms with Gasteiger partial charge >= 0.3 is 0 Å². The van der Waals surface area contributed by atoms with E-state index in [1.54, 1.807) is 18.2 Å². The maximum atomic E-state index is 13.6. The summed E-state index contributed by atoms with van der Waals surface area (Å²) in [5, 5.41) is 5.15. The summed E-state index contributed by atoms with van der Waals surface area (Å²) in [6.45, 7) is 1.90. The first kappa shape index (κ1) is 19.7. The fraction of sp³-hybridized carbons (Fsp3) is 0.0370. The number of amides is 2. The molecule has 1 aliphatic heterocycles. The van der Waals surface area contributed by atoms with E-state index < -0.39 is 17.6 Å². The van der Waals surface area contributed by atoms with E-state index in [-0.39, 0.29) is 11.3 Å². The van der Waals surface area contributed by atoms with Gasteiger partial charge in [-0.05, 0) is 53.8 Å². The molecule has 0 aromatic heterocycles. The fourth-order valence-corrected chi connectivity index (χ4v) is 4.00. The smallest absolute Gasteiger partial charge is 0.282 e. The molecule has 1 aliphatic rings. The number of imide groups is 1. The molecule has 4 nitrogen and oxygen atoms in total. The lowest BCUT2D eigenvalue weighted by Crippen LogP contribution is -2.32. The molecule has 0 fully saturated rings. The highest BCUT2D eigenvalue weighted by atomic mass is 19.1.